The summed E-state index contributed by atoms with van der Waals surface area (Å²) in [5.74, 6) is 0. The Bertz CT molecular complexity index is 301. The van der Waals surface area contributed by atoms with Gasteiger partial charge in [-0.3, -0.25) is 0 Å². The predicted molar refractivity (Wildman–Crippen MR) is 47.8 cm³/mol. The molecule has 0 radical (unpaired) electrons. The van der Waals surface area contributed by atoms with Crippen molar-refractivity contribution in [3.8, 4) is 0 Å². The first kappa shape index (κ1) is 11.6. The van der Waals surface area contributed by atoms with Gasteiger partial charge in [0.1, 0.15) is 0 Å². The number of benzene rings is 1. The van der Waals surface area contributed by atoms with Crippen LogP contribution in [0.25, 0.3) is 0 Å². The van der Waals surface area contributed by atoms with Gasteiger partial charge in [-0.15, -0.1) is 17.3 Å². The Balaban J connectivity index is 0.000000845. The fourth-order valence-corrected chi connectivity index (χ4v) is 1.63. The maximum absolute atomic E-state index is 10.5. The van der Waals surface area contributed by atoms with Gasteiger partial charge in [0, 0.05) is 0 Å². The van der Waals surface area contributed by atoms with Crippen molar-refractivity contribution in [3.63, 3.8) is 0 Å². The predicted octanol–water partition coefficient (Wildman–Crippen LogP) is -1.49. The topological polar surface area (TPSA) is 20.3 Å². The summed E-state index contributed by atoms with van der Waals surface area (Å²) in [5.41, 5.74) is 2.28. The Morgan fingerprint density at radius 2 is 2.08 bits per heavy atom. The number of aryl methyl sites for hydroxylation is 1. The Morgan fingerprint density at radius 3 is 2.85 bits per heavy atom. The van der Waals surface area contributed by atoms with E-state index in [0.29, 0.717) is 0 Å². The number of para-hydroxylation sites is 1. The largest absolute Gasteiger partial charge is 1.00 e. The normalized spacial score (nSPS) is 14.3. The summed E-state index contributed by atoms with van der Waals surface area (Å²) < 4.78 is 0. The van der Waals surface area contributed by atoms with E-state index >= 15 is 0 Å². The summed E-state index contributed by atoms with van der Waals surface area (Å²) in [5, 5.41) is 0. The molecule has 13 heavy (non-hydrogen) atoms. The van der Waals surface area contributed by atoms with Crippen molar-refractivity contribution in [1.82, 2.24) is 0 Å². The van der Waals surface area contributed by atoms with Crippen LogP contribution < -0.4 is 63.1 Å². The fraction of sp³-hybridized carbons (Fsp3) is 0.300. The molecular formula is C10H10NORb. The van der Waals surface area contributed by atoms with Gasteiger partial charge in [0.2, 0.25) is 0 Å². The number of rotatable bonds is 1. The van der Waals surface area contributed by atoms with Crippen LogP contribution in [0.3, 0.4) is 0 Å². The average molecular weight is 246 g/mol. The van der Waals surface area contributed by atoms with Crippen molar-refractivity contribution in [1.29, 1.82) is 0 Å². The number of amides is 1. The molecule has 1 aliphatic rings. The Kier molecular flexibility index (Phi) is 4.80. The number of fused-ring (bicyclic) bond motifs is 1. The molecule has 1 amide bonds. The molecule has 1 aromatic rings. The quantitative estimate of drug-likeness (QED) is 0.552. The van der Waals surface area contributed by atoms with Crippen LogP contribution in [0.4, 0.5) is 5.69 Å². The molecule has 1 aromatic carbocycles. The fourth-order valence-electron chi connectivity index (χ4n) is 1.63. The monoisotopic (exact) mass is 245 g/mol. The second-order valence-electron chi connectivity index (χ2n) is 2.98. The van der Waals surface area contributed by atoms with Gasteiger partial charge >= 0.3 is 58.2 Å². The number of anilines is 1. The Morgan fingerprint density at radius 1 is 1.31 bits per heavy atom. The van der Waals surface area contributed by atoms with Crippen LogP contribution in [0, 0.1) is 0 Å². The van der Waals surface area contributed by atoms with Crippen molar-refractivity contribution in [2.24, 2.45) is 0 Å². The molecule has 0 fully saturated rings. The minimum atomic E-state index is 0. The molecule has 0 spiro atoms. The number of nitrogens with zero attached hydrogens (tertiary/aromatic N) is 1. The van der Waals surface area contributed by atoms with Gasteiger partial charge in [0.15, 0.2) is 0 Å². The van der Waals surface area contributed by atoms with Crippen LogP contribution >= 0.6 is 0 Å². The van der Waals surface area contributed by atoms with Gasteiger partial charge in [0.25, 0.3) is 0 Å². The van der Waals surface area contributed by atoms with Crippen LogP contribution in [-0.2, 0) is 11.2 Å². The van der Waals surface area contributed by atoms with E-state index in [1.807, 2.05) is 24.6 Å². The van der Waals surface area contributed by atoms with Gasteiger partial charge in [0.05, 0.1) is 6.41 Å². The summed E-state index contributed by atoms with van der Waals surface area (Å²) in [7, 11) is 0. The number of carbonyl (C=O) groups excluding carboxylic acids is 1. The molecule has 0 atom stereocenters. The Labute approximate surface area is 127 Å². The van der Waals surface area contributed by atoms with E-state index in [4.69, 9.17) is 0 Å². The van der Waals surface area contributed by atoms with Crippen molar-refractivity contribution >= 4 is 12.1 Å². The third-order valence-electron chi connectivity index (χ3n) is 2.22. The smallest absolute Gasteiger partial charge is 0.476 e. The third kappa shape index (κ3) is 2.49. The van der Waals surface area contributed by atoms with E-state index in [9.17, 15) is 4.79 Å². The van der Waals surface area contributed by atoms with E-state index in [1.54, 1.807) is 4.90 Å². The molecule has 0 unspecified atom stereocenters. The maximum Gasteiger partial charge on any atom is 1.00 e. The van der Waals surface area contributed by atoms with E-state index in [0.717, 1.165) is 25.1 Å². The molecule has 62 valence electrons. The van der Waals surface area contributed by atoms with Gasteiger partial charge in [-0.2, -0.15) is 0 Å². The molecule has 2 nitrogen and oxygen atoms in total. The van der Waals surface area contributed by atoms with Crippen LogP contribution in [0.2, 0.25) is 0 Å². The number of hydrogen-bond donors (Lipinski definition) is 0. The van der Waals surface area contributed by atoms with Gasteiger partial charge in [-0.05, 0) is 19.4 Å². The summed E-state index contributed by atoms with van der Waals surface area (Å²) in [4.78, 5) is 12.2. The molecule has 0 saturated heterocycles. The minimum Gasteiger partial charge on any atom is -0.476 e. The van der Waals surface area contributed by atoms with Gasteiger partial charge < -0.3 is 9.69 Å². The summed E-state index contributed by atoms with van der Waals surface area (Å²) in [6.07, 6.45) is 4.07. The van der Waals surface area contributed by atoms with Crippen LogP contribution in [0.5, 0.6) is 0 Å². The first-order valence-electron chi connectivity index (χ1n) is 4.15. The van der Waals surface area contributed by atoms with Gasteiger partial charge in [-0.1, -0.05) is 18.2 Å². The molecule has 0 aliphatic carbocycles. The molecule has 0 saturated carbocycles. The Hall–Kier alpha value is 0.495. The third-order valence-corrected chi connectivity index (χ3v) is 2.22. The first-order chi connectivity index (χ1) is 5.92. The second kappa shape index (κ2) is 5.39. The van der Waals surface area contributed by atoms with E-state index in [2.05, 4.69) is 6.07 Å². The molecule has 1 aliphatic heterocycles. The zero-order chi connectivity index (χ0) is 8.39. The average Bonchev–Trinajstić information content (AvgIpc) is 2.17. The molecule has 0 N–H and O–H groups in total. The zero-order valence-electron chi connectivity index (χ0n) is 7.79. The maximum atomic E-state index is 10.5. The SMILES string of the molecule is O=[C-]N1CCCc2ccccc21.[Rb+]. The van der Waals surface area contributed by atoms with E-state index in [-0.39, 0.29) is 58.2 Å². The number of hydrogen-bond acceptors (Lipinski definition) is 1. The van der Waals surface area contributed by atoms with Crippen LogP contribution in [-0.4, -0.2) is 13.0 Å². The van der Waals surface area contributed by atoms with Crippen LogP contribution in [0.15, 0.2) is 24.3 Å². The molecular weight excluding hydrogens is 236 g/mol. The van der Waals surface area contributed by atoms with E-state index < -0.39 is 0 Å². The molecule has 0 aromatic heterocycles. The summed E-state index contributed by atoms with van der Waals surface area (Å²) in [6, 6.07) is 8.00. The summed E-state index contributed by atoms with van der Waals surface area (Å²) in [6.45, 7) is 0.806. The van der Waals surface area contributed by atoms with E-state index in [1.165, 1.54) is 5.56 Å². The molecule has 0 bridgehead atoms. The van der Waals surface area contributed by atoms with Crippen molar-refractivity contribution in [2.45, 2.75) is 12.8 Å². The second-order valence-corrected chi connectivity index (χ2v) is 2.98. The van der Waals surface area contributed by atoms with Crippen molar-refractivity contribution in [3.05, 3.63) is 29.8 Å². The zero-order valence-corrected chi connectivity index (χ0v) is 12.7. The standard InChI is InChI=1S/C10H10NO.Rb/c12-8-11-7-3-5-9-4-1-2-6-10(9)11;/h1-2,4,6H,3,5,7H2;/q-1;+1. The van der Waals surface area contributed by atoms with Gasteiger partial charge in [-0.25, -0.2) is 0 Å². The molecule has 2 rings (SSSR count). The minimum absolute atomic E-state index is 0. The summed E-state index contributed by atoms with van der Waals surface area (Å²) >= 11 is 0. The molecule has 1 heterocycles. The first-order valence-corrected chi connectivity index (χ1v) is 4.15. The molecule has 3 heteroatoms. The van der Waals surface area contributed by atoms with Crippen molar-refractivity contribution in [2.75, 3.05) is 11.4 Å². The van der Waals surface area contributed by atoms with Crippen molar-refractivity contribution < 1.29 is 63.0 Å². The van der Waals surface area contributed by atoms with Crippen LogP contribution in [0.1, 0.15) is 12.0 Å².